The molecule has 4 atom stereocenters. The zero-order valence-electron chi connectivity index (χ0n) is 17.3. The van der Waals surface area contributed by atoms with Gasteiger partial charge in [0.25, 0.3) is 0 Å². The highest BCUT2D eigenvalue weighted by Crippen LogP contribution is 2.44. The van der Waals surface area contributed by atoms with Crippen LogP contribution in [0.25, 0.3) is 10.8 Å². The van der Waals surface area contributed by atoms with Crippen molar-refractivity contribution >= 4 is 16.9 Å². The zero-order chi connectivity index (χ0) is 21.4. The standard InChI is InChI=1S/C26H27NO4/c28-15-17-5-9-20(10-6-17)23-14-22-11-12-24(27(22)26(29)30)25(23)31-16-18-7-8-19-3-1-2-4-21(19)13-18/h1-10,13,22-25,28H,11-12,14-16H2,(H,29,30)/p-1. The van der Waals surface area contributed by atoms with Gasteiger partial charge in [-0.1, -0.05) is 60.7 Å². The molecule has 4 unspecified atom stereocenters. The first-order chi connectivity index (χ1) is 15.1. The van der Waals surface area contributed by atoms with Crippen molar-refractivity contribution in [2.24, 2.45) is 0 Å². The fourth-order valence-electron chi connectivity index (χ4n) is 5.39. The Bertz CT molecular complexity index is 1080. The van der Waals surface area contributed by atoms with Gasteiger partial charge in [-0.2, -0.15) is 0 Å². The van der Waals surface area contributed by atoms with Gasteiger partial charge in [-0.15, -0.1) is 0 Å². The molecule has 5 nitrogen and oxygen atoms in total. The van der Waals surface area contributed by atoms with Crippen LogP contribution in [-0.4, -0.2) is 34.3 Å². The monoisotopic (exact) mass is 416 g/mol. The lowest BCUT2D eigenvalue weighted by molar-refractivity contribution is -0.273. The fourth-order valence-corrected chi connectivity index (χ4v) is 5.39. The number of nitrogens with zero attached hydrogens (tertiary/aromatic N) is 1. The van der Waals surface area contributed by atoms with E-state index in [1.165, 1.54) is 15.7 Å². The third-order valence-electron chi connectivity index (χ3n) is 6.91. The second kappa shape index (κ2) is 8.33. The van der Waals surface area contributed by atoms with Gasteiger partial charge in [0.05, 0.1) is 25.4 Å². The molecule has 31 heavy (non-hydrogen) atoms. The first kappa shape index (κ1) is 20.0. The minimum absolute atomic E-state index is 0.0105. The molecule has 1 N–H and O–H groups in total. The molecule has 0 saturated carbocycles. The lowest BCUT2D eigenvalue weighted by atomic mass is 9.82. The van der Waals surface area contributed by atoms with Crippen molar-refractivity contribution in [1.29, 1.82) is 0 Å². The number of carbonyl (C=O) groups excluding carboxylic acids is 1. The van der Waals surface area contributed by atoms with E-state index in [-0.39, 0.29) is 30.7 Å². The van der Waals surface area contributed by atoms with Gasteiger partial charge in [-0.3, -0.25) is 0 Å². The summed E-state index contributed by atoms with van der Waals surface area (Å²) in [6, 6.07) is 22.3. The quantitative estimate of drug-likeness (QED) is 0.690. The maximum absolute atomic E-state index is 11.8. The molecule has 160 valence electrons. The molecular formula is C26H26NO4-. The van der Waals surface area contributed by atoms with E-state index in [9.17, 15) is 15.0 Å². The number of aliphatic hydroxyl groups excluding tert-OH is 1. The molecular weight excluding hydrogens is 390 g/mol. The topological polar surface area (TPSA) is 72.8 Å². The summed E-state index contributed by atoms with van der Waals surface area (Å²) >= 11 is 0. The summed E-state index contributed by atoms with van der Waals surface area (Å²) < 4.78 is 6.47. The van der Waals surface area contributed by atoms with E-state index < -0.39 is 6.09 Å². The van der Waals surface area contributed by atoms with Crippen molar-refractivity contribution in [3.63, 3.8) is 0 Å². The highest BCUT2D eigenvalue weighted by atomic mass is 16.5. The van der Waals surface area contributed by atoms with E-state index >= 15 is 0 Å². The molecule has 2 fully saturated rings. The minimum Gasteiger partial charge on any atom is -0.530 e. The molecule has 0 radical (unpaired) electrons. The second-order valence-electron chi connectivity index (χ2n) is 8.67. The summed E-state index contributed by atoms with van der Waals surface area (Å²) in [5.41, 5.74) is 3.08. The van der Waals surface area contributed by atoms with Gasteiger partial charge < -0.3 is 24.6 Å². The Morgan fingerprint density at radius 3 is 2.48 bits per heavy atom. The average Bonchev–Trinajstić information content (AvgIpc) is 3.13. The number of benzene rings is 3. The largest absolute Gasteiger partial charge is 0.530 e. The number of carbonyl (C=O) groups is 1. The van der Waals surface area contributed by atoms with Crippen LogP contribution in [0.4, 0.5) is 4.79 Å². The van der Waals surface area contributed by atoms with Gasteiger partial charge in [0, 0.05) is 12.0 Å². The maximum atomic E-state index is 11.8. The zero-order valence-corrected chi connectivity index (χ0v) is 17.3. The van der Waals surface area contributed by atoms with Crippen molar-refractivity contribution < 1.29 is 19.7 Å². The molecule has 1 amide bonds. The normalized spacial score (nSPS) is 25.1. The predicted molar refractivity (Wildman–Crippen MR) is 116 cm³/mol. The molecule has 5 rings (SSSR count). The number of piperidine rings is 1. The van der Waals surface area contributed by atoms with E-state index in [4.69, 9.17) is 4.74 Å². The van der Waals surface area contributed by atoms with E-state index in [1.807, 2.05) is 36.4 Å². The number of carboxylic acid groups (broad SMARTS) is 1. The van der Waals surface area contributed by atoms with Gasteiger partial charge >= 0.3 is 0 Å². The van der Waals surface area contributed by atoms with Crippen molar-refractivity contribution in [2.45, 2.75) is 56.6 Å². The molecule has 0 aliphatic carbocycles. The van der Waals surface area contributed by atoms with Crippen molar-refractivity contribution in [3.05, 3.63) is 83.4 Å². The Balaban J connectivity index is 1.42. The molecule has 2 aliphatic heterocycles. The number of fused-ring (bicyclic) bond motifs is 3. The molecule has 2 bridgehead atoms. The molecule has 2 saturated heterocycles. The molecule has 3 aromatic carbocycles. The molecule has 2 heterocycles. The molecule has 2 aliphatic rings. The Labute approximate surface area is 181 Å². The van der Waals surface area contributed by atoms with Crippen LogP contribution in [0.5, 0.6) is 0 Å². The number of amides is 1. The van der Waals surface area contributed by atoms with Crippen molar-refractivity contribution in [2.75, 3.05) is 0 Å². The van der Waals surface area contributed by atoms with Gasteiger partial charge in [-0.25, -0.2) is 0 Å². The molecule has 5 heteroatoms. The Morgan fingerprint density at radius 1 is 1.00 bits per heavy atom. The molecule has 0 aromatic heterocycles. The SMILES string of the molecule is O=C([O-])N1C2CCC1C(OCc1ccc3ccccc3c1)C(c1ccc(CO)cc1)C2. The number of hydrogen-bond acceptors (Lipinski definition) is 4. The van der Waals surface area contributed by atoms with Crippen molar-refractivity contribution in [1.82, 2.24) is 4.90 Å². The van der Waals surface area contributed by atoms with Crippen molar-refractivity contribution in [3.8, 4) is 0 Å². The third-order valence-corrected chi connectivity index (χ3v) is 6.91. The average molecular weight is 416 g/mol. The van der Waals surface area contributed by atoms with Crippen LogP contribution in [-0.2, 0) is 18.0 Å². The Morgan fingerprint density at radius 2 is 1.74 bits per heavy atom. The van der Waals surface area contributed by atoms with Gasteiger partial charge in [0.2, 0.25) is 0 Å². The van der Waals surface area contributed by atoms with Gasteiger partial charge in [0.1, 0.15) is 6.09 Å². The fraction of sp³-hybridized carbons (Fsp3) is 0.346. The van der Waals surface area contributed by atoms with Crippen LogP contribution in [0.15, 0.2) is 66.7 Å². The van der Waals surface area contributed by atoms with Crippen LogP contribution < -0.4 is 5.11 Å². The Hall–Kier alpha value is -2.89. The first-order valence-electron chi connectivity index (χ1n) is 10.9. The van der Waals surface area contributed by atoms with Crippen LogP contribution in [0.3, 0.4) is 0 Å². The van der Waals surface area contributed by atoms with E-state index in [2.05, 4.69) is 30.3 Å². The van der Waals surface area contributed by atoms with Crippen LogP contribution in [0, 0.1) is 0 Å². The van der Waals surface area contributed by atoms with Crippen LogP contribution in [0.1, 0.15) is 41.9 Å². The lowest BCUT2D eigenvalue weighted by Gasteiger charge is -2.46. The first-order valence-corrected chi connectivity index (χ1v) is 10.9. The molecule has 3 aromatic rings. The lowest BCUT2D eigenvalue weighted by Crippen LogP contribution is -2.57. The van der Waals surface area contributed by atoms with E-state index in [0.717, 1.165) is 36.0 Å². The van der Waals surface area contributed by atoms with Crippen LogP contribution in [0.2, 0.25) is 0 Å². The van der Waals surface area contributed by atoms with E-state index in [0.29, 0.717) is 6.61 Å². The summed E-state index contributed by atoms with van der Waals surface area (Å²) in [7, 11) is 0. The summed E-state index contributed by atoms with van der Waals surface area (Å²) in [6.07, 6.45) is 1.04. The van der Waals surface area contributed by atoms with Crippen LogP contribution >= 0.6 is 0 Å². The minimum atomic E-state index is -1.10. The predicted octanol–water partition coefficient (Wildman–Crippen LogP) is 3.58. The highest BCUT2D eigenvalue weighted by Gasteiger charge is 2.48. The number of aliphatic hydroxyl groups is 1. The third kappa shape index (κ3) is 3.80. The highest BCUT2D eigenvalue weighted by molar-refractivity contribution is 5.82. The number of ether oxygens (including phenoxy) is 1. The smallest absolute Gasteiger partial charge is 0.137 e. The summed E-state index contributed by atoms with van der Waals surface area (Å²) in [5, 5.41) is 23.6. The maximum Gasteiger partial charge on any atom is 0.137 e. The second-order valence-corrected chi connectivity index (χ2v) is 8.67. The Kier molecular flexibility index (Phi) is 5.38. The van der Waals surface area contributed by atoms with Gasteiger partial charge in [-0.05, 0) is 52.8 Å². The summed E-state index contributed by atoms with van der Waals surface area (Å²) in [4.78, 5) is 13.4. The number of hydrogen-bond donors (Lipinski definition) is 1. The number of rotatable bonds is 5. The van der Waals surface area contributed by atoms with Gasteiger partial charge in [0.15, 0.2) is 0 Å². The van der Waals surface area contributed by atoms with E-state index in [1.54, 1.807) is 0 Å². The summed E-state index contributed by atoms with van der Waals surface area (Å²) in [6.45, 7) is 0.444. The summed E-state index contributed by atoms with van der Waals surface area (Å²) in [5.74, 6) is 0.112. The molecule has 0 spiro atoms.